The van der Waals surface area contributed by atoms with E-state index in [9.17, 15) is 14.3 Å². The molecule has 54 heavy (non-hydrogen) atoms. The van der Waals surface area contributed by atoms with Crippen LogP contribution in [0.15, 0.2) is 30.3 Å². The molecule has 0 spiro atoms. The van der Waals surface area contributed by atoms with Crippen molar-refractivity contribution in [2.75, 3.05) is 75.8 Å². The number of benzene rings is 2. The van der Waals surface area contributed by atoms with E-state index in [2.05, 4.69) is 26.6 Å². The highest BCUT2D eigenvalue weighted by Gasteiger charge is 2.49. The topological polar surface area (TPSA) is 106 Å². The van der Waals surface area contributed by atoms with E-state index >= 15 is 4.39 Å². The number of anilines is 2. The quantitative estimate of drug-likeness (QED) is 0.290. The molecule has 0 aliphatic carbocycles. The molecule has 0 bridgehead atoms. The van der Waals surface area contributed by atoms with Crippen LogP contribution in [0.1, 0.15) is 65.6 Å². The number of amides is 1. The van der Waals surface area contributed by atoms with Gasteiger partial charge >= 0.3 is 6.01 Å². The zero-order chi connectivity index (χ0) is 37.1. The summed E-state index contributed by atoms with van der Waals surface area (Å²) < 4.78 is 38.3. The van der Waals surface area contributed by atoms with Crippen LogP contribution in [0.2, 0.25) is 0 Å². The number of carbonyl (C=O) groups excluding carboxylic acids is 1. The molecule has 5 aliphatic rings. The number of nitrogens with zero attached hydrogens (tertiary/aromatic N) is 9. The Morgan fingerprint density at radius 3 is 2.69 bits per heavy atom. The minimum absolute atomic E-state index is 0.0289. The van der Waals surface area contributed by atoms with Crippen LogP contribution in [-0.4, -0.2) is 123 Å². The first-order chi connectivity index (χ1) is 26.2. The Bertz CT molecular complexity index is 2090. The number of fused-ring (bicyclic) bond motifs is 4. The van der Waals surface area contributed by atoms with Gasteiger partial charge in [0, 0.05) is 81.5 Å². The third-order valence-electron chi connectivity index (χ3n) is 12.4. The zero-order valence-electron chi connectivity index (χ0n) is 31.2. The molecule has 14 heteroatoms. The predicted molar refractivity (Wildman–Crippen MR) is 202 cm³/mol. The lowest BCUT2D eigenvalue weighted by molar-refractivity contribution is 0.0657. The summed E-state index contributed by atoms with van der Waals surface area (Å²) in [6.45, 7) is 9.62. The number of rotatable bonds is 7. The van der Waals surface area contributed by atoms with E-state index in [0.29, 0.717) is 82.9 Å². The highest BCUT2D eigenvalue weighted by Crippen LogP contribution is 2.42. The molecule has 9 rings (SSSR count). The van der Waals surface area contributed by atoms with Gasteiger partial charge in [-0.05, 0) is 74.8 Å². The number of aromatic hydroxyl groups is 1. The van der Waals surface area contributed by atoms with E-state index in [-0.39, 0.29) is 29.0 Å². The summed E-state index contributed by atoms with van der Waals surface area (Å²) in [5.41, 5.74) is 4.31. The molecule has 2 aromatic carbocycles. The van der Waals surface area contributed by atoms with Crippen molar-refractivity contribution in [2.45, 2.75) is 76.8 Å². The molecule has 2 atom stereocenters. The fourth-order valence-corrected chi connectivity index (χ4v) is 9.56. The lowest BCUT2D eigenvalue weighted by atomic mass is 9.95. The average Bonchev–Trinajstić information content (AvgIpc) is 3.80. The minimum atomic E-state index is -0.868. The van der Waals surface area contributed by atoms with Crippen molar-refractivity contribution in [3.05, 3.63) is 64.4 Å². The third-order valence-corrected chi connectivity index (χ3v) is 12.4. The van der Waals surface area contributed by atoms with Crippen molar-refractivity contribution in [2.24, 2.45) is 0 Å². The van der Waals surface area contributed by atoms with E-state index in [1.807, 2.05) is 22.6 Å². The number of likely N-dealkylation sites (N-methyl/N-ethyl adjacent to an activating group) is 1. The largest absolute Gasteiger partial charge is 0.508 e. The van der Waals surface area contributed by atoms with Gasteiger partial charge in [-0.3, -0.25) is 14.4 Å². The van der Waals surface area contributed by atoms with Crippen LogP contribution < -0.4 is 14.5 Å². The molecule has 4 aromatic rings. The van der Waals surface area contributed by atoms with Crippen molar-refractivity contribution in [3.8, 4) is 11.8 Å². The van der Waals surface area contributed by atoms with Crippen LogP contribution in [0.5, 0.6) is 11.8 Å². The van der Waals surface area contributed by atoms with Gasteiger partial charge < -0.3 is 29.4 Å². The van der Waals surface area contributed by atoms with E-state index in [0.717, 1.165) is 84.7 Å². The molecule has 2 aromatic heterocycles. The number of halogens is 2. The number of phenols is 1. The molecular formula is C40H49F2N9O3. The molecule has 0 radical (unpaired) electrons. The first-order valence-electron chi connectivity index (χ1n) is 19.6. The second-order valence-electron chi connectivity index (χ2n) is 15.8. The predicted octanol–water partition coefficient (Wildman–Crippen LogP) is 4.55. The van der Waals surface area contributed by atoms with E-state index < -0.39 is 6.17 Å². The first-order valence-corrected chi connectivity index (χ1v) is 19.6. The maximum absolute atomic E-state index is 15.2. The van der Waals surface area contributed by atoms with E-state index in [4.69, 9.17) is 19.8 Å². The number of hydrogen-bond acceptors (Lipinski definition) is 10. The van der Waals surface area contributed by atoms with Gasteiger partial charge in [-0.1, -0.05) is 13.0 Å². The van der Waals surface area contributed by atoms with Crippen LogP contribution in [0, 0.1) is 5.82 Å². The monoisotopic (exact) mass is 741 g/mol. The Morgan fingerprint density at radius 2 is 1.85 bits per heavy atom. The molecule has 0 unspecified atom stereocenters. The summed E-state index contributed by atoms with van der Waals surface area (Å²) in [6, 6.07) is 8.81. The highest BCUT2D eigenvalue weighted by molar-refractivity contribution is 5.98. The average molecular weight is 742 g/mol. The number of carbonyl (C=O) groups is 1. The molecule has 286 valence electrons. The first kappa shape index (κ1) is 35.2. The van der Waals surface area contributed by atoms with Crippen LogP contribution in [-0.2, 0) is 32.5 Å². The number of phenolic OH excluding ortho intramolecular Hbond substituents is 1. The molecule has 7 heterocycles. The zero-order valence-corrected chi connectivity index (χ0v) is 31.2. The van der Waals surface area contributed by atoms with Crippen molar-refractivity contribution >= 4 is 28.2 Å². The lowest BCUT2D eigenvalue weighted by Gasteiger charge is -2.35. The number of ether oxygens (including phenoxy) is 1. The number of aromatic nitrogens is 4. The third kappa shape index (κ3) is 6.30. The fraction of sp³-hybridized carbons (Fsp3) is 0.550. The smallest absolute Gasteiger partial charge is 0.318 e. The number of hydrogen-bond donors (Lipinski definition) is 1. The number of piperazine rings is 1. The maximum Gasteiger partial charge on any atom is 0.318 e. The SMILES string of the molecule is CCc1c(F)ccc2cc(O)cc(N3CCc4c(nc(OC[C@@]56CCCN5C[C@H](F)C6)nc4N4CCCn5nc(C(=O)N6CCN(C)CC6)cc5C4)C3)c12. The van der Waals surface area contributed by atoms with Gasteiger partial charge in [0.15, 0.2) is 5.69 Å². The molecule has 3 fully saturated rings. The Morgan fingerprint density at radius 1 is 1.00 bits per heavy atom. The Balaban J connectivity index is 1.06. The molecule has 12 nitrogen and oxygen atoms in total. The van der Waals surface area contributed by atoms with Gasteiger partial charge in [0.25, 0.3) is 5.91 Å². The number of aryl methyl sites for hydroxylation is 2. The van der Waals surface area contributed by atoms with Crippen molar-refractivity contribution in [1.82, 2.24) is 34.4 Å². The second kappa shape index (κ2) is 13.9. The molecule has 1 amide bonds. The molecular weight excluding hydrogens is 692 g/mol. The van der Waals surface area contributed by atoms with Gasteiger partial charge in [0.2, 0.25) is 0 Å². The molecule has 3 saturated heterocycles. The van der Waals surface area contributed by atoms with Gasteiger partial charge in [-0.15, -0.1) is 0 Å². The summed E-state index contributed by atoms with van der Waals surface area (Å²) in [5.74, 6) is 0.636. The van der Waals surface area contributed by atoms with Crippen LogP contribution in [0.3, 0.4) is 0 Å². The maximum atomic E-state index is 15.2. The van der Waals surface area contributed by atoms with Crippen LogP contribution in [0.4, 0.5) is 20.3 Å². The van der Waals surface area contributed by atoms with E-state index in [1.165, 1.54) is 6.07 Å². The molecule has 0 saturated carbocycles. The van der Waals surface area contributed by atoms with Crippen LogP contribution in [0.25, 0.3) is 10.8 Å². The van der Waals surface area contributed by atoms with Crippen molar-refractivity contribution in [1.29, 1.82) is 0 Å². The Labute approximate surface area is 314 Å². The Kier molecular flexibility index (Phi) is 9.08. The fourth-order valence-electron chi connectivity index (χ4n) is 9.56. The van der Waals surface area contributed by atoms with Crippen molar-refractivity contribution < 1.29 is 23.4 Å². The standard InChI is InChI=1S/C40H49F2N9O3/c1-3-30-32(42)7-6-26-18-29(52)20-35(36(26)30)48-13-8-31-34(24-48)43-39(54-25-40-9-4-11-50(40)22-27(41)21-40)44-37(31)49-10-5-12-51-28(23-49)19-33(45-51)38(53)47-16-14-46(2)15-17-47/h6-7,18-20,27,52H,3-5,8-17,21-25H2,1-2H3/t27-,40+/m1/s1. The summed E-state index contributed by atoms with van der Waals surface area (Å²) in [6.07, 6.45) is 3.43. The number of alkyl halides is 1. The summed E-state index contributed by atoms with van der Waals surface area (Å²) in [5, 5.41) is 17.2. The normalized spacial score (nSPS) is 23.4. The van der Waals surface area contributed by atoms with Crippen LogP contribution >= 0.6 is 0 Å². The minimum Gasteiger partial charge on any atom is -0.508 e. The Hall–Kier alpha value is -4.56. The van der Waals surface area contributed by atoms with Gasteiger partial charge in [0.1, 0.15) is 30.2 Å². The molecule has 1 N–H and O–H groups in total. The van der Waals surface area contributed by atoms with Gasteiger partial charge in [-0.25, -0.2) is 8.78 Å². The van der Waals surface area contributed by atoms with E-state index in [1.54, 1.807) is 18.2 Å². The highest BCUT2D eigenvalue weighted by atomic mass is 19.1. The van der Waals surface area contributed by atoms with Gasteiger partial charge in [-0.2, -0.15) is 15.1 Å². The van der Waals surface area contributed by atoms with Gasteiger partial charge in [0.05, 0.1) is 30.0 Å². The lowest BCUT2D eigenvalue weighted by Crippen LogP contribution is -2.47. The summed E-state index contributed by atoms with van der Waals surface area (Å²) in [4.78, 5) is 34.4. The van der Waals surface area contributed by atoms with Crippen molar-refractivity contribution in [3.63, 3.8) is 0 Å². The summed E-state index contributed by atoms with van der Waals surface area (Å²) in [7, 11) is 2.07. The molecule has 5 aliphatic heterocycles. The summed E-state index contributed by atoms with van der Waals surface area (Å²) >= 11 is 0. The second-order valence-corrected chi connectivity index (χ2v) is 15.8.